The van der Waals surface area contributed by atoms with E-state index in [2.05, 4.69) is 10.2 Å². The molecule has 4 nitrogen and oxygen atoms in total. The standard InChI is InChI=1S/C20H23FN2O2/c1-25-19-3-2-12-23(14-19)18-10-8-17(9-11-18)22-20(24)13-15-4-6-16(21)7-5-15/h4-11,19H,2-3,12-14H2,1H3,(H,22,24)/t19-/m1/s1. The van der Waals surface area contributed by atoms with Crippen LogP contribution in [0.2, 0.25) is 0 Å². The summed E-state index contributed by atoms with van der Waals surface area (Å²) in [5.41, 5.74) is 2.68. The number of anilines is 2. The largest absolute Gasteiger partial charge is 0.380 e. The van der Waals surface area contributed by atoms with Crippen LogP contribution >= 0.6 is 0 Å². The van der Waals surface area contributed by atoms with Crippen molar-refractivity contribution >= 4 is 17.3 Å². The number of ether oxygens (including phenoxy) is 1. The van der Waals surface area contributed by atoms with Crippen molar-refractivity contribution in [2.45, 2.75) is 25.4 Å². The molecule has 1 amide bonds. The molecule has 0 unspecified atom stereocenters. The van der Waals surface area contributed by atoms with Crippen molar-refractivity contribution in [2.24, 2.45) is 0 Å². The number of halogens is 1. The van der Waals surface area contributed by atoms with Crippen molar-refractivity contribution in [2.75, 3.05) is 30.4 Å². The maximum atomic E-state index is 12.9. The van der Waals surface area contributed by atoms with Crippen molar-refractivity contribution in [3.63, 3.8) is 0 Å². The molecule has 1 saturated heterocycles. The second-order valence-corrected chi connectivity index (χ2v) is 6.34. The molecule has 2 aromatic carbocycles. The summed E-state index contributed by atoms with van der Waals surface area (Å²) in [4.78, 5) is 14.4. The van der Waals surface area contributed by atoms with Gasteiger partial charge in [-0.15, -0.1) is 0 Å². The number of piperidine rings is 1. The smallest absolute Gasteiger partial charge is 0.228 e. The molecule has 1 aliphatic heterocycles. The molecule has 1 N–H and O–H groups in total. The Hall–Kier alpha value is -2.40. The zero-order valence-corrected chi connectivity index (χ0v) is 14.4. The van der Waals surface area contributed by atoms with Crippen molar-refractivity contribution in [1.82, 2.24) is 0 Å². The maximum Gasteiger partial charge on any atom is 0.228 e. The van der Waals surface area contributed by atoms with Gasteiger partial charge in [-0.05, 0) is 54.8 Å². The van der Waals surface area contributed by atoms with Crippen LogP contribution in [0.4, 0.5) is 15.8 Å². The fraction of sp³-hybridized carbons (Fsp3) is 0.350. The van der Waals surface area contributed by atoms with Crippen LogP contribution < -0.4 is 10.2 Å². The Labute approximate surface area is 147 Å². The quantitative estimate of drug-likeness (QED) is 0.902. The summed E-state index contributed by atoms with van der Waals surface area (Å²) < 4.78 is 18.4. The Morgan fingerprint density at radius 3 is 2.60 bits per heavy atom. The van der Waals surface area contributed by atoms with Crippen LogP contribution in [0, 0.1) is 5.82 Å². The Morgan fingerprint density at radius 2 is 1.92 bits per heavy atom. The average Bonchev–Trinajstić information content (AvgIpc) is 2.64. The number of carbonyl (C=O) groups is 1. The van der Waals surface area contributed by atoms with Gasteiger partial charge >= 0.3 is 0 Å². The summed E-state index contributed by atoms with van der Waals surface area (Å²) in [5, 5.41) is 2.88. The summed E-state index contributed by atoms with van der Waals surface area (Å²) in [7, 11) is 1.76. The summed E-state index contributed by atoms with van der Waals surface area (Å²) in [5.74, 6) is -0.412. The molecule has 1 aliphatic rings. The highest BCUT2D eigenvalue weighted by Gasteiger charge is 2.19. The number of carbonyl (C=O) groups excluding carboxylic acids is 1. The summed E-state index contributed by atoms with van der Waals surface area (Å²) in [6, 6.07) is 13.8. The third-order valence-electron chi connectivity index (χ3n) is 4.51. The molecule has 0 saturated carbocycles. The van der Waals surface area contributed by atoms with E-state index < -0.39 is 0 Å². The molecule has 0 spiro atoms. The third-order valence-corrected chi connectivity index (χ3v) is 4.51. The number of rotatable bonds is 5. The first-order valence-corrected chi connectivity index (χ1v) is 8.56. The average molecular weight is 342 g/mol. The molecule has 0 radical (unpaired) electrons. The molecule has 3 rings (SSSR count). The van der Waals surface area contributed by atoms with E-state index in [-0.39, 0.29) is 24.2 Å². The lowest BCUT2D eigenvalue weighted by molar-refractivity contribution is -0.115. The normalized spacial score (nSPS) is 17.4. The van der Waals surface area contributed by atoms with Gasteiger partial charge in [-0.1, -0.05) is 12.1 Å². The molecular formula is C20H23FN2O2. The topological polar surface area (TPSA) is 41.6 Å². The van der Waals surface area contributed by atoms with Crippen LogP contribution in [-0.4, -0.2) is 32.2 Å². The molecule has 2 aromatic rings. The monoisotopic (exact) mass is 342 g/mol. The van der Waals surface area contributed by atoms with E-state index in [1.165, 1.54) is 12.1 Å². The van der Waals surface area contributed by atoms with Crippen molar-refractivity contribution in [3.8, 4) is 0 Å². The van der Waals surface area contributed by atoms with Gasteiger partial charge in [-0.2, -0.15) is 0 Å². The number of nitrogens with one attached hydrogen (secondary N) is 1. The minimum Gasteiger partial charge on any atom is -0.380 e. The number of nitrogens with zero attached hydrogens (tertiary/aromatic N) is 1. The molecule has 5 heteroatoms. The van der Waals surface area contributed by atoms with Gasteiger partial charge in [0, 0.05) is 31.6 Å². The van der Waals surface area contributed by atoms with Crippen LogP contribution in [0.5, 0.6) is 0 Å². The molecule has 132 valence electrons. The highest BCUT2D eigenvalue weighted by Crippen LogP contribution is 2.23. The van der Waals surface area contributed by atoms with E-state index in [0.29, 0.717) is 0 Å². The van der Waals surface area contributed by atoms with Gasteiger partial charge in [0.15, 0.2) is 0 Å². The highest BCUT2D eigenvalue weighted by atomic mass is 19.1. The lowest BCUT2D eigenvalue weighted by atomic mass is 10.1. The molecule has 0 aromatic heterocycles. The number of benzene rings is 2. The number of amides is 1. The first-order chi connectivity index (χ1) is 12.1. The predicted molar refractivity (Wildman–Crippen MR) is 97.4 cm³/mol. The minimum absolute atomic E-state index is 0.114. The van der Waals surface area contributed by atoms with E-state index in [9.17, 15) is 9.18 Å². The Kier molecular flexibility index (Phi) is 5.66. The lowest BCUT2D eigenvalue weighted by Crippen LogP contribution is -2.39. The zero-order valence-electron chi connectivity index (χ0n) is 14.4. The zero-order chi connectivity index (χ0) is 17.6. The molecule has 25 heavy (non-hydrogen) atoms. The summed E-state index contributed by atoms with van der Waals surface area (Å²) in [6.07, 6.45) is 2.73. The first kappa shape index (κ1) is 17.4. The predicted octanol–water partition coefficient (Wildman–Crippen LogP) is 3.62. The van der Waals surface area contributed by atoms with Crippen LogP contribution in [0.15, 0.2) is 48.5 Å². The first-order valence-electron chi connectivity index (χ1n) is 8.56. The Balaban J connectivity index is 1.56. The summed E-state index contributed by atoms with van der Waals surface area (Å²) >= 11 is 0. The van der Waals surface area contributed by atoms with Gasteiger partial charge in [0.05, 0.1) is 12.5 Å². The van der Waals surface area contributed by atoms with Gasteiger partial charge in [-0.25, -0.2) is 4.39 Å². The van der Waals surface area contributed by atoms with Crippen molar-refractivity contribution in [1.29, 1.82) is 0 Å². The van der Waals surface area contributed by atoms with E-state index >= 15 is 0 Å². The molecule has 0 aliphatic carbocycles. The van der Waals surface area contributed by atoms with Gasteiger partial charge in [0.2, 0.25) is 5.91 Å². The van der Waals surface area contributed by atoms with Gasteiger partial charge in [-0.3, -0.25) is 4.79 Å². The second-order valence-electron chi connectivity index (χ2n) is 6.34. The Morgan fingerprint density at radius 1 is 1.20 bits per heavy atom. The van der Waals surface area contributed by atoms with Crippen molar-refractivity contribution in [3.05, 3.63) is 59.9 Å². The molecule has 1 heterocycles. The number of methoxy groups -OCH3 is 1. The fourth-order valence-corrected chi connectivity index (χ4v) is 3.11. The van der Waals surface area contributed by atoms with Crippen LogP contribution in [-0.2, 0) is 16.0 Å². The van der Waals surface area contributed by atoms with Gasteiger partial charge in [0.1, 0.15) is 5.82 Å². The molecular weight excluding hydrogens is 319 g/mol. The van der Waals surface area contributed by atoms with E-state index in [4.69, 9.17) is 4.74 Å². The number of hydrogen-bond donors (Lipinski definition) is 1. The molecule has 1 atom stereocenters. The number of hydrogen-bond acceptors (Lipinski definition) is 3. The van der Waals surface area contributed by atoms with Crippen LogP contribution in [0.1, 0.15) is 18.4 Å². The van der Waals surface area contributed by atoms with Gasteiger partial charge in [0.25, 0.3) is 0 Å². The van der Waals surface area contributed by atoms with Gasteiger partial charge < -0.3 is 15.0 Å². The van der Waals surface area contributed by atoms with Crippen molar-refractivity contribution < 1.29 is 13.9 Å². The Bertz CT molecular complexity index is 701. The van der Waals surface area contributed by atoms with E-state index in [1.807, 2.05) is 24.3 Å². The van der Waals surface area contributed by atoms with E-state index in [1.54, 1.807) is 19.2 Å². The third kappa shape index (κ3) is 4.79. The molecule has 1 fully saturated rings. The lowest BCUT2D eigenvalue weighted by Gasteiger charge is -2.33. The van der Waals surface area contributed by atoms with Crippen LogP contribution in [0.3, 0.4) is 0 Å². The maximum absolute atomic E-state index is 12.9. The van der Waals surface area contributed by atoms with Crippen LogP contribution in [0.25, 0.3) is 0 Å². The minimum atomic E-state index is -0.298. The fourth-order valence-electron chi connectivity index (χ4n) is 3.11. The highest BCUT2D eigenvalue weighted by molar-refractivity contribution is 5.92. The SMILES string of the molecule is CO[C@@H]1CCCN(c2ccc(NC(=O)Cc3ccc(F)cc3)cc2)C1. The summed E-state index contributed by atoms with van der Waals surface area (Å²) in [6.45, 7) is 1.92. The molecule has 0 bridgehead atoms. The van der Waals surface area contributed by atoms with E-state index in [0.717, 1.165) is 42.9 Å². The second kappa shape index (κ2) is 8.12.